The molecule has 0 aliphatic rings. The molecule has 0 fully saturated rings. The van der Waals surface area contributed by atoms with Crippen molar-refractivity contribution >= 4 is 10.9 Å². The number of nitrogens with zero attached hydrogens (tertiary/aromatic N) is 1. The predicted molar refractivity (Wildman–Crippen MR) is 78.9 cm³/mol. The number of hydrogen-bond donors (Lipinski definition) is 0. The Kier molecular flexibility index (Phi) is 3.34. The lowest BCUT2D eigenvalue weighted by Crippen LogP contribution is -1.96. The summed E-state index contributed by atoms with van der Waals surface area (Å²) in [7, 11) is 1.74. The maximum Gasteiger partial charge on any atom is 0.0528 e. The quantitative estimate of drug-likeness (QED) is 0.687. The second kappa shape index (κ2) is 5.29. The molecule has 2 aromatic carbocycles. The second-order valence-electron chi connectivity index (χ2n) is 4.65. The van der Waals surface area contributed by atoms with Crippen LogP contribution in [0.15, 0.2) is 60.8 Å². The number of benzene rings is 2. The Labute approximate surface area is 113 Å². The number of fused-ring (bicyclic) bond motifs is 1. The van der Waals surface area contributed by atoms with Crippen LogP contribution in [0.25, 0.3) is 16.6 Å². The van der Waals surface area contributed by atoms with Crippen LogP contribution in [-0.2, 0) is 11.2 Å². The third-order valence-corrected chi connectivity index (χ3v) is 3.41. The summed E-state index contributed by atoms with van der Waals surface area (Å²) in [5.41, 5.74) is 3.75. The summed E-state index contributed by atoms with van der Waals surface area (Å²) in [6, 6.07) is 19.2. The highest BCUT2D eigenvalue weighted by molar-refractivity contribution is 5.81. The molecule has 0 saturated heterocycles. The van der Waals surface area contributed by atoms with E-state index in [1.807, 2.05) is 0 Å². The molecule has 3 aromatic rings. The van der Waals surface area contributed by atoms with E-state index in [1.165, 1.54) is 22.2 Å². The van der Waals surface area contributed by atoms with Crippen LogP contribution in [0.1, 0.15) is 5.56 Å². The first kappa shape index (κ1) is 12.0. The van der Waals surface area contributed by atoms with Gasteiger partial charge in [-0.2, -0.15) is 0 Å². The highest BCUT2D eigenvalue weighted by Crippen LogP contribution is 2.20. The van der Waals surface area contributed by atoms with E-state index in [4.69, 9.17) is 4.74 Å². The topological polar surface area (TPSA) is 14.2 Å². The lowest BCUT2D eigenvalue weighted by atomic mass is 10.1. The molecule has 0 saturated carbocycles. The van der Waals surface area contributed by atoms with Gasteiger partial charge in [0.1, 0.15) is 0 Å². The summed E-state index contributed by atoms with van der Waals surface area (Å²) in [6.45, 7) is 0.770. The van der Waals surface area contributed by atoms with Crippen molar-refractivity contribution < 1.29 is 4.74 Å². The fourth-order valence-corrected chi connectivity index (χ4v) is 2.35. The van der Waals surface area contributed by atoms with Crippen LogP contribution in [0.5, 0.6) is 0 Å². The first-order valence-electron chi connectivity index (χ1n) is 6.53. The van der Waals surface area contributed by atoms with Crippen molar-refractivity contribution in [3.63, 3.8) is 0 Å². The van der Waals surface area contributed by atoms with E-state index >= 15 is 0 Å². The Morgan fingerprint density at radius 2 is 1.74 bits per heavy atom. The molecule has 0 aliphatic heterocycles. The molecule has 19 heavy (non-hydrogen) atoms. The van der Waals surface area contributed by atoms with E-state index in [-0.39, 0.29) is 0 Å². The van der Waals surface area contributed by atoms with Gasteiger partial charge in [-0.3, -0.25) is 0 Å². The average Bonchev–Trinajstić information content (AvgIpc) is 2.90. The van der Waals surface area contributed by atoms with E-state index in [1.54, 1.807) is 7.11 Å². The van der Waals surface area contributed by atoms with Gasteiger partial charge in [0.15, 0.2) is 0 Å². The second-order valence-corrected chi connectivity index (χ2v) is 4.65. The summed E-state index contributed by atoms with van der Waals surface area (Å²) in [6.07, 6.45) is 3.08. The van der Waals surface area contributed by atoms with Gasteiger partial charge in [-0.1, -0.05) is 30.3 Å². The normalized spacial score (nSPS) is 11.0. The lowest BCUT2D eigenvalue weighted by Gasteiger charge is -2.07. The van der Waals surface area contributed by atoms with Crippen molar-refractivity contribution in [2.75, 3.05) is 13.7 Å². The minimum absolute atomic E-state index is 0.770. The molecule has 0 aliphatic carbocycles. The Balaban J connectivity index is 1.93. The fourth-order valence-electron chi connectivity index (χ4n) is 2.35. The smallest absolute Gasteiger partial charge is 0.0528 e. The fraction of sp³-hybridized carbons (Fsp3) is 0.176. The highest BCUT2D eigenvalue weighted by Gasteiger charge is 2.02. The van der Waals surface area contributed by atoms with Gasteiger partial charge in [0.25, 0.3) is 0 Å². The average molecular weight is 251 g/mol. The van der Waals surface area contributed by atoms with Gasteiger partial charge >= 0.3 is 0 Å². The first-order chi connectivity index (χ1) is 9.38. The van der Waals surface area contributed by atoms with Gasteiger partial charge < -0.3 is 9.30 Å². The van der Waals surface area contributed by atoms with Gasteiger partial charge in [0.05, 0.1) is 12.1 Å². The molecule has 1 aromatic heterocycles. The molecule has 2 heteroatoms. The van der Waals surface area contributed by atoms with Crippen molar-refractivity contribution in [1.29, 1.82) is 0 Å². The number of para-hydroxylation sites is 1. The maximum absolute atomic E-state index is 5.10. The van der Waals surface area contributed by atoms with Crippen molar-refractivity contribution in [1.82, 2.24) is 4.57 Å². The number of aromatic nitrogens is 1. The van der Waals surface area contributed by atoms with Gasteiger partial charge in [-0.25, -0.2) is 0 Å². The summed E-state index contributed by atoms with van der Waals surface area (Å²) < 4.78 is 7.32. The minimum atomic E-state index is 0.770. The van der Waals surface area contributed by atoms with Crippen molar-refractivity contribution in [3.8, 4) is 5.69 Å². The Bertz CT molecular complexity index is 667. The van der Waals surface area contributed by atoms with Gasteiger partial charge in [-0.15, -0.1) is 0 Å². The highest BCUT2D eigenvalue weighted by atomic mass is 16.5. The van der Waals surface area contributed by atoms with Gasteiger partial charge in [0.2, 0.25) is 0 Å². The Morgan fingerprint density at radius 1 is 0.947 bits per heavy atom. The van der Waals surface area contributed by atoms with E-state index in [0.717, 1.165) is 13.0 Å². The molecule has 0 amide bonds. The zero-order chi connectivity index (χ0) is 13.1. The SMILES string of the molecule is COCCc1ccc(-n2ccc3ccccc32)cc1. The van der Waals surface area contributed by atoms with Crippen LogP contribution in [0.4, 0.5) is 0 Å². The molecule has 0 spiro atoms. The number of hydrogen-bond acceptors (Lipinski definition) is 1. The van der Waals surface area contributed by atoms with Crippen LogP contribution in [0.3, 0.4) is 0 Å². The standard InChI is InChI=1S/C17H17NO/c1-19-13-11-14-6-8-16(9-7-14)18-12-10-15-4-2-3-5-17(15)18/h2-10,12H,11,13H2,1H3. The maximum atomic E-state index is 5.10. The number of ether oxygens (including phenoxy) is 1. The lowest BCUT2D eigenvalue weighted by molar-refractivity contribution is 0.202. The zero-order valence-corrected chi connectivity index (χ0v) is 11.0. The van der Waals surface area contributed by atoms with Crippen molar-refractivity contribution in [3.05, 3.63) is 66.4 Å². The molecular weight excluding hydrogens is 234 g/mol. The largest absolute Gasteiger partial charge is 0.384 e. The van der Waals surface area contributed by atoms with E-state index in [2.05, 4.69) is 65.4 Å². The molecule has 1 heterocycles. The molecule has 2 nitrogen and oxygen atoms in total. The monoisotopic (exact) mass is 251 g/mol. The molecule has 0 radical (unpaired) electrons. The predicted octanol–water partition coefficient (Wildman–Crippen LogP) is 3.82. The first-order valence-corrected chi connectivity index (χ1v) is 6.53. The molecule has 0 N–H and O–H groups in total. The molecule has 96 valence electrons. The third-order valence-electron chi connectivity index (χ3n) is 3.41. The van der Waals surface area contributed by atoms with Crippen molar-refractivity contribution in [2.24, 2.45) is 0 Å². The molecular formula is C17H17NO. The summed E-state index contributed by atoms with van der Waals surface area (Å²) >= 11 is 0. The third kappa shape index (κ3) is 2.40. The van der Waals surface area contributed by atoms with Gasteiger partial charge in [-0.05, 0) is 41.6 Å². The Morgan fingerprint density at radius 3 is 2.53 bits per heavy atom. The molecule has 0 atom stereocenters. The molecule has 0 unspecified atom stereocenters. The molecule has 3 rings (SSSR count). The van der Waals surface area contributed by atoms with Crippen LogP contribution in [-0.4, -0.2) is 18.3 Å². The summed E-state index contributed by atoms with van der Waals surface area (Å²) in [5.74, 6) is 0. The summed E-state index contributed by atoms with van der Waals surface area (Å²) in [5, 5.41) is 1.27. The van der Waals surface area contributed by atoms with Crippen LogP contribution < -0.4 is 0 Å². The molecule has 0 bridgehead atoms. The van der Waals surface area contributed by atoms with Crippen molar-refractivity contribution in [2.45, 2.75) is 6.42 Å². The van der Waals surface area contributed by atoms with Gasteiger partial charge in [0, 0.05) is 19.0 Å². The Hall–Kier alpha value is -2.06. The summed E-state index contributed by atoms with van der Waals surface area (Å²) in [4.78, 5) is 0. The van der Waals surface area contributed by atoms with E-state index in [9.17, 15) is 0 Å². The minimum Gasteiger partial charge on any atom is -0.384 e. The zero-order valence-electron chi connectivity index (χ0n) is 11.0. The number of rotatable bonds is 4. The number of methoxy groups -OCH3 is 1. The van der Waals surface area contributed by atoms with Crippen LogP contribution >= 0.6 is 0 Å². The van der Waals surface area contributed by atoms with Crippen LogP contribution in [0.2, 0.25) is 0 Å². The van der Waals surface area contributed by atoms with E-state index in [0.29, 0.717) is 0 Å². The van der Waals surface area contributed by atoms with E-state index < -0.39 is 0 Å². The van der Waals surface area contributed by atoms with Crippen LogP contribution in [0, 0.1) is 0 Å².